The molecule has 0 aromatic carbocycles. The van der Waals surface area contributed by atoms with E-state index in [4.69, 9.17) is 0 Å². The minimum absolute atomic E-state index is 0.0906. The SMILES string of the molecule is COC(=O)C(=O)Nc1nccc(C(C)(C)C)n1. The molecule has 1 amide bonds. The summed E-state index contributed by atoms with van der Waals surface area (Å²) in [6, 6.07) is 1.76. The number of ether oxygens (including phenoxy) is 1. The molecule has 0 unspecified atom stereocenters. The van der Waals surface area contributed by atoms with E-state index < -0.39 is 11.9 Å². The maximum atomic E-state index is 11.2. The topological polar surface area (TPSA) is 81.2 Å². The van der Waals surface area contributed by atoms with Crippen LogP contribution in [0.2, 0.25) is 0 Å². The quantitative estimate of drug-likeness (QED) is 0.579. The Kier molecular flexibility index (Phi) is 3.77. The third-order valence-corrected chi connectivity index (χ3v) is 2.02. The summed E-state index contributed by atoms with van der Waals surface area (Å²) < 4.78 is 4.28. The fourth-order valence-electron chi connectivity index (χ4n) is 1.08. The number of hydrogen-bond acceptors (Lipinski definition) is 5. The first-order chi connectivity index (χ1) is 7.84. The lowest BCUT2D eigenvalue weighted by atomic mass is 9.92. The average Bonchev–Trinajstić information content (AvgIpc) is 2.27. The molecule has 0 aliphatic rings. The number of nitrogens with zero attached hydrogens (tertiary/aromatic N) is 2. The monoisotopic (exact) mass is 237 g/mol. The Balaban J connectivity index is 2.87. The van der Waals surface area contributed by atoms with Gasteiger partial charge in [0.05, 0.1) is 12.8 Å². The first kappa shape index (κ1) is 13.1. The molecular weight excluding hydrogens is 222 g/mol. The third kappa shape index (κ3) is 3.51. The molecule has 92 valence electrons. The van der Waals surface area contributed by atoms with E-state index in [1.807, 2.05) is 20.8 Å². The standard InChI is InChI=1S/C11H15N3O3/c1-11(2,3)7-5-6-12-10(13-7)14-8(15)9(16)17-4/h5-6H,1-4H3,(H,12,13,14,15). The van der Waals surface area contributed by atoms with Crippen LogP contribution >= 0.6 is 0 Å². The van der Waals surface area contributed by atoms with Crippen LogP contribution in [-0.2, 0) is 19.7 Å². The van der Waals surface area contributed by atoms with Gasteiger partial charge in [-0.1, -0.05) is 20.8 Å². The Morgan fingerprint density at radius 2 is 2.00 bits per heavy atom. The molecule has 0 radical (unpaired) electrons. The van der Waals surface area contributed by atoms with E-state index in [-0.39, 0.29) is 11.4 Å². The third-order valence-electron chi connectivity index (χ3n) is 2.02. The predicted molar refractivity (Wildman–Crippen MR) is 61.4 cm³/mol. The zero-order chi connectivity index (χ0) is 13.1. The molecule has 0 spiro atoms. The fourth-order valence-corrected chi connectivity index (χ4v) is 1.08. The number of anilines is 1. The normalized spacial score (nSPS) is 10.8. The number of methoxy groups -OCH3 is 1. The van der Waals surface area contributed by atoms with Crippen molar-refractivity contribution in [1.82, 2.24) is 9.97 Å². The molecule has 17 heavy (non-hydrogen) atoms. The van der Waals surface area contributed by atoms with Gasteiger partial charge in [0.2, 0.25) is 5.95 Å². The summed E-state index contributed by atoms with van der Waals surface area (Å²) in [6.07, 6.45) is 1.53. The summed E-state index contributed by atoms with van der Waals surface area (Å²) in [5, 5.41) is 2.27. The van der Waals surface area contributed by atoms with Gasteiger partial charge in [0.1, 0.15) is 0 Å². The van der Waals surface area contributed by atoms with E-state index in [9.17, 15) is 9.59 Å². The minimum Gasteiger partial charge on any atom is -0.462 e. The molecule has 6 nitrogen and oxygen atoms in total. The van der Waals surface area contributed by atoms with Crippen LogP contribution in [0, 0.1) is 0 Å². The fraction of sp³-hybridized carbons (Fsp3) is 0.455. The Bertz CT molecular complexity index is 438. The van der Waals surface area contributed by atoms with Crippen molar-refractivity contribution < 1.29 is 14.3 Å². The number of aromatic nitrogens is 2. The summed E-state index contributed by atoms with van der Waals surface area (Å²) in [6.45, 7) is 5.96. The molecule has 1 heterocycles. The van der Waals surface area contributed by atoms with Gasteiger partial charge >= 0.3 is 11.9 Å². The van der Waals surface area contributed by atoms with Crippen LogP contribution in [0.5, 0.6) is 0 Å². The smallest absolute Gasteiger partial charge is 0.396 e. The van der Waals surface area contributed by atoms with Gasteiger partial charge in [-0.15, -0.1) is 0 Å². The molecule has 0 saturated heterocycles. The highest BCUT2D eigenvalue weighted by Gasteiger charge is 2.18. The maximum Gasteiger partial charge on any atom is 0.396 e. The van der Waals surface area contributed by atoms with Crippen LogP contribution in [0.25, 0.3) is 0 Å². The van der Waals surface area contributed by atoms with Gasteiger partial charge in [-0.3, -0.25) is 10.1 Å². The summed E-state index contributed by atoms with van der Waals surface area (Å²) in [5.74, 6) is -1.78. The molecule has 0 aliphatic carbocycles. The number of hydrogen-bond donors (Lipinski definition) is 1. The highest BCUT2D eigenvalue weighted by molar-refractivity contribution is 6.37. The first-order valence-electron chi connectivity index (χ1n) is 5.07. The van der Waals surface area contributed by atoms with Crippen molar-refractivity contribution in [3.63, 3.8) is 0 Å². The summed E-state index contributed by atoms with van der Waals surface area (Å²) >= 11 is 0. The summed E-state index contributed by atoms with van der Waals surface area (Å²) in [5.41, 5.74) is 0.612. The van der Waals surface area contributed by atoms with Gasteiger partial charge in [-0.2, -0.15) is 0 Å². The second-order valence-corrected chi connectivity index (χ2v) is 4.46. The van der Waals surface area contributed by atoms with Gasteiger partial charge in [0.25, 0.3) is 0 Å². The van der Waals surface area contributed by atoms with Gasteiger partial charge in [-0.05, 0) is 6.07 Å². The highest BCUT2D eigenvalue weighted by atomic mass is 16.5. The second-order valence-electron chi connectivity index (χ2n) is 4.46. The van der Waals surface area contributed by atoms with Crippen molar-refractivity contribution in [2.24, 2.45) is 0 Å². The largest absolute Gasteiger partial charge is 0.462 e. The van der Waals surface area contributed by atoms with Crippen LogP contribution in [0.15, 0.2) is 12.3 Å². The number of nitrogens with one attached hydrogen (secondary N) is 1. The van der Waals surface area contributed by atoms with Crippen molar-refractivity contribution in [1.29, 1.82) is 0 Å². The summed E-state index contributed by atoms with van der Waals surface area (Å²) in [4.78, 5) is 30.2. The summed E-state index contributed by atoms with van der Waals surface area (Å²) in [7, 11) is 1.13. The number of carbonyl (C=O) groups is 2. The average molecular weight is 237 g/mol. The first-order valence-corrected chi connectivity index (χ1v) is 5.07. The number of rotatable bonds is 1. The van der Waals surface area contributed by atoms with Crippen LogP contribution in [0.3, 0.4) is 0 Å². The number of esters is 1. The zero-order valence-electron chi connectivity index (χ0n) is 10.3. The molecule has 1 rings (SSSR count). The van der Waals surface area contributed by atoms with E-state index in [0.717, 1.165) is 12.8 Å². The van der Waals surface area contributed by atoms with E-state index in [1.54, 1.807) is 6.07 Å². The van der Waals surface area contributed by atoms with E-state index in [0.29, 0.717) is 0 Å². The Morgan fingerprint density at radius 1 is 1.35 bits per heavy atom. The zero-order valence-corrected chi connectivity index (χ0v) is 10.3. The number of carbonyl (C=O) groups excluding carboxylic acids is 2. The van der Waals surface area contributed by atoms with Crippen molar-refractivity contribution in [2.45, 2.75) is 26.2 Å². The highest BCUT2D eigenvalue weighted by Crippen LogP contribution is 2.19. The van der Waals surface area contributed by atoms with Crippen LogP contribution in [0.1, 0.15) is 26.5 Å². The lowest BCUT2D eigenvalue weighted by molar-refractivity contribution is -0.150. The van der Waals surface area contributed by atoms with Gasteiger partial charge in [0, 0.05) is 11.6 Å². The molecule has 0 saturated carbocycles. The Labute approximate surface area is 99.4 Å². The van der Waals surface area contributed by atoms with Crippen molar-refractivity contribution in [2.75, 3.05) is 12.4 Å². The molecular formula is C11H15N3O3. The van der Waals surface area contributed by atoms with Gasteiger partial charge in [0.15, 0.2) is 0 Å². The van der Waals surface area contributed by atoms with Crippen LogP contribution in [0.4, 0.5) is 5.95 Å². The second kappa shape index (κ2) is 4.90. The van der Waals surface area contributed by atoms with Crippen molar-refractivity contribution >= 4 is 17.8 Å². The molecule has 0 aliphatic heterocycles. The maximum absolute atomic E-state index is 11.2. The molecule has 1 N–H and O–H groups in total. The van der Waals surface area contributed by atoms with Crippen LogP contribution in [-0.4, -0.2) is 29.0 Å². The Morgan fingerprint density at radius 3 is 2.53 bits per heavy atom. The molecule has 1 aromatic heterocycles. The Hall–Kier alpha value is -1.98. The van der Waals surface area contributed by atoms with E-state index >= 15 is 0 Å². The molecule has 0 atom stereocenters. The number of amides is 1. The molecule has 6 heteroatoms. The van der Waals surface area contributed by atoms with Gasteiger partial charge in [-0.25, -0.2) is 14.8 Å². The lowest BCUT2D eigenvalue weighted by Gasteiger charge is -2.17. The van der Waals surface area contributed by atoms with Gasteiger partial charge < -0.3 is 4.74 Å². The molecule has 0 bridgehead atoms. The van der Waals surface area contributed by atoms with Crippen molar-refractivity contribution in [3.8, 4) is 0 Å². The molecule has 1 aromatic rings. The van der Waals surface area contributed by atoms with E-state index in [2.05, 4.69) is 20.0 Å². The van der Waals surface area contributed by atoms with Crippen LogP contribution < -0.4 is 5.32 Å². The molecule has 0 fully saturated rings. The van der Waals surface area contributed by atoms with E-state index in [1.165, 1.54) is 6.20 Å². The minimum atomic E-state index is -0.977. The lowest BCUT2D eigenvalue weighted by Crippen LogP contribution is -2.25. The predicted octanol–water partition coefficient (Wildman–Crippen LogP) is 0.886. The van der Waals surface area contributed by atoms with Crippen molar-refractivity contribution in [3.05, 3.63) is 18.0 Å².